The van der Waals surface area contributed by atoms with Crippen LogP contribution in [-0.4, -0.2) is 18.4 Å². The lowest BCUT2D eigenvalue weighted by atomic mass is 10.2. The molecule has 0 saturated heterocycles. The van der Waals surface area contributed by atoms with Crippen molar-refractivity contribution in [3.8, 4) is 0 Å². The van der Waals surface area contributed by atoms with Crippen LogP contribution in [0.5, 0.6) is 0 Å². The fraction of sp³-hybridized carbons (Fsp3) is 0.300. The maximum Gasteiger partial charge on any atom is 0.243 e. The van der Waals surface area contributed by atoms with Gasteiger partial charge < -0.3 is 16.0 Å². The molecule has 2 aromatic carbocycles. The smallest absolute Gasteiger partial charge is 0.243 e. The van der Waals surface area contributed by atoms with E-state index in [4.69, 9.17) is 11.6 Å². The zero-order chi connectivity index (χ0) is 18.8. The molecule has 0 aliphatic rings. The molecule has 2 aromatic rings. The maximum absolute atomic E-state index is 12.0. The highest BCUT2D eigenvalue weighted by Crippen LogP contribution is 2.16. The molecule has 0 aliphatic carbocycles. The first-order valence-electron chi connectivity index (χ1n) is 8.76. The molecule has 0 saturated carbocycles. The summed E-state index contributed by atoms with van der Waals surface area (Å²) in [5.41, 5.74) is 2.17. The molecule has 26 heavy (non-hydrogen) atoms. The Morgan fingerprint density at radius 1 is 0.885 bits per heavy atom. The summed E-state index contributed by atoms with van der Waals surface area (Å²) in [4.78, 5) is 23.9. The number of anilines is 3. The average molecular weight is 374 g/mol. The minimum atomic E-state index is -0.165. The van der Waals surface area contributed by atoms with Crippen molar-refractivity contribution in [2.75, 3.05) is 22.5 Å². The normalized spacial score (nSPS) is 10.2. The monoisotopic (exact) mass is 373 g/mol. The first kappa shape index (κ1) is 19.8. The molecule has 2 rings (SSSR count). The van der Waals surface area contributed by atoms with Crippen LogP contribution in [0.3, 0.4) is 0 Å². The molecule has 0 radical (unpaired) electrons. The van der Waals surface area contributed by atoms with Crippen LogP contribution >= 0.6 is 11.6 Å². The van der Waals surface area contributed by atoms with Crippen LogP contribution in [0.15, 0.2) is 48.5 Å². The van der Waals surface area contributed by atoms with Crippen LogP contribution in [0.25, 0.3) is 0 Å². The Morgan fingerprint density at radius 3 is 2.31 bits per heavy atom. The van der Waals surface area contributed by atoms with Gasteiger partial charge >= 0.3 is 0 Å². The van der Waals surface area contributed by atoms with E-state index in [1.54, 1.807) is 24.3 Å². The van der Waals surface area contributed by atoms with E-state index in [1.807, 2.05) is 24.3 Å². The van der Waals surface area contributed by atoms with Gasteiger partial charge in [0, 0.05) is 28.5 Å². The third-order valence-corrected chi connectivity index (χ3v) is 3.99. The summed E-state index contributed by atoms with van der Waals surface area (Å²) in [7, 11) is 0. The summed E-state index contributed by atoms with van der Waals surface area (Å²) < 4.78 is 0. The Bertz CT molecular complexity index is 732. The van der Waals surface area contributed by atoms with Gasteiger partial charge in [-0.15, -0.1) is 0 Å². The number of nitrogens with one attached hydrogen (secondary N) is 3. The van der Waals surface area contributed by atoms with Crippen molar-refractivity contribution in [3.05, 3.63) is 53.6 Å². The standard InChI is InChI=1S/C20H24ClN3O2/c1-2-3-4-8-19(25)24-18-7-5-6-17(13-18)22-14-20(26)23-16-11-9-15(21)10-12-16/h5-7,9-13,22H,2-4,8,14H2,1H3,(H,23,26)(H,24,25). The van der Waals surface area contributed by atoms with Crippen molar-refractivity contribution in [1.82, 2.24) is 0 Å². The highest BCUT2D eigenvalue weighted by molar-refractivity contribution is 6.30. The van der Waals surface area contributed by atoms with E-state index in [1.165, 1.54) is 0 Å². The largest absolute Gasteiger partial charge is 0.376 e. The van der Waals surface area contributed by atoms with Gasteiger partial charge in [0.2, 0.25) is 11.8 Å². The molecule has 3 N–H and O–H groups in total. The minimum absolute atomic E-state index is 0.0103. The first-order valence-corrected chi connectivity index (χ1v) is 9.14. The van der Waals surface area contributed by atoms with Gasteiger partial charge in [-0.2, -0.15) is 0 Å². The predicted octanol–water partition coefficient (Wildman–Crippen LogP) is 4.91. The third kappa shape index (κ3) is 7.15. The summed E-state index contributed by atoms with van der Waals surface area (Å²) in [6.45, 7) is 2.23. The fourth-order valence-electron chi connectivity index (χ4n) is 2.39. The van der Waals surface area contributed by atoms with Crippen molar-refractivity contribution in [1.29, 1.82) is 0 Å². The Labute approximate surface area is 159 Å². The quantitative estimate of drug-likeness (QED) is 0.547. The zero-order valence-corrected chi connectivity index (χ0v) is 15.6. The average Bonchev–Trinajstić information content (AvgIpc) is 2.62. The number of hydrogen-bond acceptors (Lipinski definition) is 3. The topological polar surface area (TPSA) is 70.2 Å². The highest BCUT2D eigenvalue weighted by atomic mass is 35.5. The van der Waals surface area contributed by atoms with Crippen molar-refractivity contribution >= 4 is 40.5 Å². The lowest BCUT2D eigenvalue weighted by Gasteiger charge is -2.10. The van der Waals surface area contributed by atoms with Crippen LogP contribution in [0, 0.1) is 0 Å². The number of amides is 2. The summed E-state index contributed by atoms with van der Waals surface area (Å²) in [5, 5.41) is 9.34. The maximum atomic E-state index is 12.0. The Hall–Kier alpha value is -2.53. The molecule has 0 atom stereocenters. The summed E-state index contributed by atoms with van der Waals surface area (Å²) in [5.74, 6) is -0.155. The Morgan fingerprint density at radius 2 is 1.58 bits per heavy atom. The molecule has 138 valence electrons. The van der Waals surface area contributed by atoms with E-state index in [0.29, 0.717) is 17.1 Å². The number of benzene rings is 2. The van der Waals surface area contributed by atoms with Crippen LogP contribution in [0.4, 0.5) is 17.1 Å². The summed E-state index contributed by atoms with van der Waals surface area (Å²) in [6.07, 6.45) is 3.56. The van der Waals surface area contributed by atoms with Gasteiger partial charge in [0.25, 0.3) is 0 Å². The number of carbonyl (C=O) groups excluding carboxylic acids is 2. The zero-order valence-electron chi connectivity index (χ0n) is 14.8. The molecule has 0 aliphatic heterocycles. The van der Waals surface area contributed by atoms with Gasteiger partial charge in [-0.25, -0.2) is 0 Å². The van der Waals surface area contributed by atoms with E-state index in [9.17, 15) is 9.59 Å². The lowest BCUT2D eigenvalue weighted by molar-refractivity contribution is -0.116. The molecule has 0 heterocycles. The lowest BCUT2D eigenvalue weighted by Crippen LogP contribution is -2.21. The van der Waals surface area contributed by atoms with Crippen molar-refractivity contribution in [2.45, 2.75) is 32.6 Å². The number of unbranched alkanes of at least 4 members (excludes halogenated alkanes) is 2. The number of halogens is 1. The van der Waals surface area contributed by atoms with E-state index in [2.05, 4.69) is 22.9 Å². The molecular weight excluding hydrogens is 350 g/mol. The number of carbonyl (C=O) groups is 2. The SMILES string of the molecule is CCCCCC(=O)Nc1cccc(NCC(=O)Nc2ccc(Cl)cc2)c1. The van der Waals surface area contributed by atoms with Gasteiger partial charge in [-0.05, 0) is 48.9 Å². The first-order chi connectivity index (χ1) is 12.6. The summed E-state index contributed by atoms with van der Waals surface area (Å²) >= 11 is 5.82. The Kier molecular flexibility index (Phi) is 7.96. The van der Waals surface area contributed by atoms with E-state index in [0.717, 1.165) is 30.6 Å². The van der Waals surface area contributed by atoms with E-state index >= 15 is 0 Å². The van der Waals surface area contributed by atoms with Crippen LogP contribution in [-0.2, 0) is 9.59 Å². The number of rotatable bonds is 9. The third-order valence-electron chi connectivity index (χ3n) is 3.73. The van der Waals surface area contributed by atoms with Crippen molar-refractivity contribution in [3.63, 3.8) is 0 Å². The Balaban J connectivity index is 1.81. The highest BCUT2D eigenvalue weighted by Gasteiger charge is 2.05. The van der Waals surface area contributed by atoms with Crippen LogP contribution < -0.4 is 16.0 Å². The molecule has 0 bridgehead atoms. The summed E-state index contributed by atoms with van der Waals surface area (Å²) in [6, 6.07) is 14.3. The molecule has 0 unspecified atom stereocenters. The van der Waals surface area contributed by atoms with Gasteiger partial charge in [-0.1, -0.05) is 37.4 Å². The van der Waals surface area contributed by atoms with Crippen LogP contribution in [0.2, 0.25) is 5.02 Å². The second kappa shape index (κ2) is 10.5. The molecule has 0 fully saturated rings. The van der Waals surface area contributed by atoms with Crippen LogP contribution in [0.1, 0.15) is 32.6 Å². The van der Waals surface area contributed by atoms with E-state index < -0.39 is 0 Å². The minimum Gasteiger partial charge on any atom is -0.376 e. The predicted molar refractivity (Wildman–Crippen MR) is 108 cm³/mol. The second-order valence-electron chi connectivity index (χ2n) is 5.99. The van der Waals surface area contributed by atoms with E-state index in [-0.39, 0.29) is 18.4 Å². The van der Waals surface area contributed by atoms with Gasteiger partial charge in [0.15, 0.2) is 0 Å². The van der Waals surface area contributed by atoms with Gasteiger partial charge in [0.05, 0.1) is 6.54 Å². The molecule has 2 amide bonds. The molecule has 6 heteroatoms. The fourth-order valence-corrected chi connectivity index (χ4v) is 2.51. The van der Waals surface area contributed by atoms with Gasteiger partial charge in [0.1, 0.15) is 0 Å². The van der Waals surface area contributed by atoms with Gasteiger partial charge in [-0.3, -0.25) is 9.59 Å². The van der Waals surface area contributed by atoms with Crippen molar-refractivity contribution < 1.29 is 9.59 Å². The second-order valence-corrected chi connectivity index (χ2v) is 6.43. The molecule has 0 aromatic heterocycles. The number of hydrogen-bond donors (Lipinski definition) is 3. The molecular formula is C20H24ClN3O2. The van der Waals surface area contributed by atoms with Crippen molar-refractivity contribution in [2.24, 2.45) is 0 Å². The molecule has 0 spiro atoms. The molecule has 5 nitrogen and oxygen atoms in total.